The second-order valence-electron chi connectivity index (χ2n) is 4.40. The second-order valence-corrected chi connectivity index (χ2v) is 4.77. The molecule has 1 unspecified atom stereocenters. The van der Waals surface area contributed by atoms with Crippen molar-refractivity contribution in [3.05, 3.63) is 11.1 Å². The van der Waals surface area contributed by atoms with Gasteiger partial charge in [-0.1, -0.05) is 6.92 Å². The molecule has 1 aromatic rings. The number of Topliss-reactive ketones (excluding diaryl/α,β-unsaturated/α-hetero) is 1. The molecule has 0 bridgehead atoms. The smallest absolute Gasteiger partial charge is 0.204 e. The number of methoxy groups -OCH3 is 1. The van der Waals surface area contributed by atoms with Gasteiger partial charge in [0.2, 0.25) is 5.75 Å². The van der Waals surface area contributed by atoms with Crippen LogP contribution in [0.15, 0.2) is 0 Å². The van der Waals surface area contributed by atoms with E-state index in [9.17, 15) is 24.9 Å². The summed E-state index contributed by atoms with van der Waals surface area (Å²) in [6.45, 7) is 1.78. The van der Waals surface area contributed by atoms with Crippen molar-refractivity contribution in [2.24, 2.45) is 5.92 Å². The van der Waals surface area contributed by atoms with Crippen molar-refractivity contribution in [3.63, 3.8) is 0 Å². The molecule has 3 N–H and O–H groups in total. The topological polar surface area (TPSA) is 104 Å². The Bertz CT molecular complexity index is 540. The van der Waals surface area contributed by atoms with Gasteiger partial charge >= 0.3 is 0 Å². The lowest BCUT2D eigenvalue weighted by atomic mass is 9.96. The molecule has 20 heavy (non-hydrogen) atoms. The molecule has 0 saturated heterocycles. The SMILES string of the molecule is COc1c(O)c(C=O)c(O)c(C(=O)CC(C)CS)c1O. The Hall–Kier alpha value is -1.89. The summed E-state index contributed by atoms with van der Waals surface area (Å²) in [6, 6.07) is 0. The van der Waals surface area contributed by atoms with Gasteiger partial charge in [-0.15, -0.1) is 0 Å². The number of ether oxygens (including phenoxy) is 1. The zero-order valence-electron chi connectivity index (χ0n) is 11.1. The fourth-order valence-corrected chi connectivity index (χ4v) is 1.89. The highest BCUT2D eigenvalue weighted by Gasteiger charge is 2.28. The lowest BCUT2D eigenvalue weighted by molar-refractivity contribution is 0.0962. The van der Waals surface area contributed by atoms with E-state index in [4.69, 9.17) is 4.74 Å². The molecule has 7 heteroatoms. The molecule has 0 radical (unpaired) electrons. The van der Waals surface area contributed by atoms with Crippen molar-refractivity contribution in [2.75, 3.05) is 12.9 Å². The number of thiol groups is 1. The maximum atomic E-state index is 12.1. The molecule has 1 atom stereocenters. The number of carbonyl (C=O) groups is 2. The summed E-state index contributed by atoms with van der Waals surface area (Å²) in [5.41, 5.74) is -0.933. The number of hydrogen-bond acceptors (Lipinski definition) is 7. The highest BCUT2D eigenvalue weighted by Crippen LogP contribution is 2.47. The highest BCUT2D eigenvalue weighted by molar-refractivity contribution is 7.80. The number of carbonyl (C=O) groups excluding carboxylic acids is 2. The van der Waals surface area contributed by atoms with Crippen molar-refractivity contribution in [1.82, 2.24) is 0 Å². The minimum atomic E-state index is -0.757. The van der Waals surface area contributed by atoms with Crippen LogP contribution in [0.25, 0.3) is 0 Å². The van der Waals surface area contributed by atoms with Crippen LogP contribution in [0.3, 0.4) is 0 Å². The molecule has 0 aliphatic heterocycles. The number of phenolic OH excluding ortho intramolecular Hbond substituents is 3. The van der Waals surface area contributed by atoms with E-state index in [1.165, 1.54) is 0 Å². The second kappa shape index (κ2) is 6.51. The molecule has 1 aromatic carbocycles. The molecule has 6 nitrogen and oxygen atoms in total. The van der Waals surface area contributed by atoms with Gasteiger partial charge in [0.15, 0.2) is 23.6 Å². The fourth-order valence-electron chi connectivity index (χ4n) is 1.76. The monoisotopic (exact) mass is 300 g/mol. The standard InChI is InChI=1S/C13H16O6S/c1-6(5-20)3-8(15)9-10(16)7(4-14)11(17)13(19-2)12(9)18/h4,6,16-18,20H,3,5H2,1-2H3. The molecule has 0 aromatic heterocycles. The summed E-state index contributed by atoms with van der Waals surface area (Å²) in [6.07, 6.45) is 0.211. The number of rotatable bonds is 6. The number of phenols is 3. The maximum absolute atomic E-state index is 12.1. The first-order valence-electron chi connectivity index (χ1n) is 5.83. The van der Waals surface area contributed by atoms with Crippen molar-refractivity contribution in [2.45, 2.75) is 13.3 Å². The van der Waals surface area contributed by atoms with Crippen LogP contribution in [-0.4, -0.2) is 40.3 Å². The van der Waals surface area contributed by atoms with Crippen LogP contribution in [0.5, 0.6) is 23.0 Å². The van der Waals surface area contributed by atoms with Gasteiger partial charge in [0, 0.05) is 6.42 Å². The summed E-state index contributed by atoms with van der Waals surface area (Å²) >= 11 is 4.05. The van der Waals surface area contributed by atoms with Crippen LogP contribution < -0.4 is 4.74 Å². The number of hydrogen-bond donors (Lipinski definition) is 4. The quantitative estimate of drug-likeness (QED) is 0.362. The Kier molecular flexibility index (Phi) is 5.26. The Morgan fingerprint density at radius 1 is 1.30 bits per heavy atom. The molecular weight excluding hydrogens is 284 g/mol. The molecule has 0 spiro atoms. The minimum absolute atomic E-state index is 0.0246. The fraction of sp³-hybridized carbons (Fsp3) is 0.385. The Labute approximate surface area is 121 Å². The molecular formula is C13H16O6S. The predicted molar refractivity (Wildman–Crippen MR) is 75.3 cm³/mol. The van der Waals surface area contributed by atoms with Gasteiger partial charge in [0.25, 0.3) is 0 Å². The number of benzene rings is 1. The average molecular weight is 300 g/mol. The molecule has 0 fully saturated rings. The Balaban J connectivity index is 3.46. The van der Waals surface area contributed by atoms with E-state index in [1.807, 2.05) is 0 Å². The molecule has 0 aliphatic rings. The van der Waals surface area contributed by atoms with Crippen molar-refractivity contribution >= 4 is 24.7 Å². The summed E-state index contributed by atoms with van der Waals surface area (Å²) in [5, 5.41) is 29.5. The van der Waals surface area contributed by atoms with Crippen LogP contribution in [0, 0.1) is 5.92 Å². The summed E-state index contributed by atoms with van der Waals surface area (Å²) in [4.78, 5) is 23.0. The highest BCUT2D eigenvalue weighted by atomic mass is 32.1. The van der Waals surface area contributed by atoms with E-state index in [2.05, 4.69) is 12.6 Å². The van der Waals surface area contributed by atoms with Gasteiger partial charge in [0.1, 0.15) is 16.9 Å². The molecule has 0 aliphatic carbocycles. The van der Waals surface area contributed by atoms with E-state index in [1.54, 1.807) is 6.92 Å². The normalized spacial score (nSPS) is 11.9. The van der Waals surface area contributed by atoms with Crippen LogP contribution >= 0.6 is 12.6 Å². The molecule has 0 amide bonds. The first kappa shape index (κ1) is 16.2. The third-order valence-corrected chi connectivity index (χ3v) is 3.48. The zero-order valence-corrected chi connectivity index (χ0v) is 12.0. The minimum Gasteiger partial charge on any atom is -0.506 e. The predicted octanol–water partition coefficient (Wildman–Crippen LogP) is 1.76. The van der Waals surface area contributed by atoms with Crippen LogP contribution in [0.2, 0.25) is 0 Å². The van der Waals surface area contributed by atoms with E-state index in [-0.39, 0.29) is 18.6 Å². The number of aldehydes is 1. The van der Waals surface area contributed by atoms with Gasteiger partial charge in [-0.3, -0.25) is 9.59 Å². The Morgan fingerprint density at radius 3 is 2.35 bits per heavy atom. The largest absolute Gasteiger partial charge is 0.506 e. The average Bonchev–Trinajstić information content (AvgIpc) is 2.39. The molecule has 110 valence electrons. The number of ketones is 1. The van der Waals surface area contributed by atoms with Gasteiger partial charge in [-0.05, 0) is 11.7 Å². The van der Waals surface area contributed by atoms with E-state index in [0.717, 1.165) is 7.11 Å². The first-order valence-corrected chi connectivity index (χ1v) is 6.46. The summed E-state index contributed by atoms with van der Waals surface area (Å²) < 4.78 is 4.76. The third-order valence-electron chi connectivity index (χ3n) is 2.86. The van der Waals surface area contributed by atoms with Crippen molar-refractivity contribution in [1.29, 1.82) is 0 Å². The van der Waals surface area contributed by atoms with Crippen LogP contribution in [0.1, 0.15) is 34.1 Å². The third kappa shape index (κ3) is 2.82. The van der Waals surface area contributed by atoms with Gasteiger partial charge in [-0.2, -0.15) is 12.6 Å². The molecule has 0 heterocycles. The Morgan fingerprint density at radius 2 is 1.90 bits per heavy atom. The maximum Gasteiger partial charge on any atom is 0.204 e. The first-order chi connectivity index (χ1) is 9.38. The number of aromatic hydroxyl groups is 3. The summed E-state index contributed by atoms with van der Waals surface area (Å²) in [5.74, 6) is -2.78. The van der Waals surface area contributed by atoms with Crippen LogP contribution in [-0.2, 0) is 0 Å². The lowest BCUT2D eigenvalue weighted by Gasteiger charge is -2.15. The van der Waals surface area contributed by atoms with E-state index in [0.29, 0.717) is 5.75 Å². The van der Waals surface area contributed by atoms with Crippen LogP contribution in [0.4, 0.5) is 0 Å². The molecule has 1 rings (SSSR count). The summed E-state index contributed by atoms with van der Waals surface area (Å²) in [7, 11) is 1.16. The van der Waals surface area contributed by atoms with E-state index >= 15 is 0 Å². The van der Waals surface area contributed by atoms with Crippen molar-refractivity contribution < 1.29 is 29.6 Å². The molecule has 0 saturated carbocycles. The zero-order chi connectivity index (χ0) is 15.4. The van der Waals surface area contributed by atoms with Gasteiger partial charge in [0.05, 0.1) is 7.11 Å². The lowest BCUT2D eigenvalue weighted by Crippen LogP contribution is -2.09. The van der Waals surface area contributed by atoms with Crippen molar-refractivity contribution in [3.8, 4) is 23.0 Å². The van der Waals surface area contributed by atoms with Gasteiger partial charge in [-0.25, -0.2) is 0 Å². The van der Waals surface area contributed by atoms with Gasteiger partial charge < -0.3 is 20.1 Å². The van der Waals surface area contributed by atoms with E-state index < -0.39 is 39.9 Å².